The number of nitrogens with two attached hydrogens (primary N) is 2. The van der Waals surface area contributed by atoms with Crippen molar-refractivity contribution >= 4 is 29.0 Å². The second-order valence-corrected chi connectivity index (χ2v) is 10.5. The molecule has 0 spiro atoms. The van der Waals surface area contributed by atoms with E-state index >= 15 is 0 Å². The van der Waals surface area contributed by atoms with Crippen molar-refractivity contribution in [1.82, 2.24) is 14.7 Å². The Morgan fingerprint density at radius 2 is 1.73 bits per heavy atom. The molecule has 1 unspecified atom stereocenters. The van der Waals surface area contributed by atoms with E-state index in [-0.39, 0.29) is 32.3 Å². The highest BCUT2D eigenvalue weighted by Gasteiger charge is 2.22. The van der Waals surface area contributed by atoms with Crippen LogP contribution in [0.25, 0.3) is 22.2 Å². The van der Waals surface area contributed by atoms with E-state index in [4.69, 9.17) is 40.0 Å². The van der Waals surface area contributed by atoms with E-state index in [0.717, 1.165) is 21.8 Å². The fraction of sp³-hybridized carbons (Fsp3) is 0.333. The normalized spacial score (nSPS) is 11.9. The van der Waals surface area contributed by atoms with Crippen molar-refractivity contribution in [2.24, 2.45) is 16.7 Å². The van der Waals surface area contributed by atoms with Gasteiger partial charge in [-0.15, -0.1) is 15.2 Å². The number of nitrogens with zero attached hydrogens (tertiary/aromatic N) is 5. The van der Waals surface area contributed by atoms with Crippen LogP contribution in [0, 0.1) is 10.1 Å². The van der Waals surface area contributed by atoms with Crippen molar-refractivity contribution in [3.05, 3.63) is 93.5 Å². The van der Waals surface area contributed by atoms with Crippen LogP contribution in [0.15, 0.2) is 71.8 Å². The van der Waals surface area contributed by atoms with Crippen LogP contribution in [0.3, 0.4) is 0 Å². The van der Waals surface area contributed by atoms with Crippen molar-refractivity contribution in [1.29, 1.82) is 0 Å². The molecule has 0 fully saturated rings. The molecule has 18 heteroatoms. The first-order chi connectivity index (χ1) is 24.6. The summed E-state index contributed by atoms with van der Waals surface area (Å²) < 4.78 is 33.0. The van der Waals surface area contributed by atoms with Crippen molar-refractivity contribution in [2.45, 2.75) is 26.7 Å². The number of esters is 1. The SMILES string of the molecule is CCOc1nc2cccc(C(=O)OC(C)OC)c2n1Cc1ccc(-c2ccccc2/C(N)=N/N(N)COC(=O)OCCOCCO[N+](=O)[O-])cc1. The monoisotopic (exact) mass is 709 g/mol. The summed E-state index contributed by atoms with van der Waals surface area (Å²) in [7, 11) is 1.45. The van der Waals surface area contributed by atoms with Gasteiger partial charge in [0.1, 0.15) is 13.2 Å². The molecular formula is C33H39N7O11. The van der Waals surface area contributed by atoms with Gasteiger partial charge >= 0.3 is 12.1 Å². The summed E-state index contributed by atoms with van der Waals surface area (Å²) in [5.41, 5.74) is 10.9. The molecule has 0 aliphatic carbocycles. The Balaban J connectivity index is 1.43. The Morgan fingerprint density at radius 3 is 2.45 bits per heavy atom. The Hall–Kier alpha value is -5.98. The van der Waals surface area contributed by atoms with Crippen molar-refractivity contribution in [2.75, 3.05) is 46.9 Å². The molecule has 1 atom stereocenters. The average Bonchev–Trinajstić information content (AvgIpc) is 3.47. The molecule has 0 bridgehead atoms. The maximum absolute atomic E-state index is 13.0. The van der Waals surface area contributed by atoms with Crippen LogP contribution in [0.1, 0.15) is 35.3 Å². The standard InChI is InChI=1S/C33H39N7O11/c1-4-47-32-36-28-11-7-10-27(31(41)51-22(2)45-3)29(28)38(32)20-23-12-14-24(15-13-23)25-8-5-6-9-26(25)30(34)37-39(35)21-49-33(42)48-18-16-46-17-19-50-40(43)44/h5-15,22H,4,16-21,35H2,1-3H3,(H2,34,37). The van der Waals surface area contributed by atoms with E-state index in [9.17, 15) is 19.7 Å². The number of ether oxygens (including phenoxy) is 6. The van der Waals surface area contributed by atoms with Crippen LogP contribution in [0.4, 0.5) is 4.79 Å². The highest BCUT2D eigenvalue weighted by Crippen LogP contribution is 2.29. The summed E-state index contributed by atoms with van der Waals surface area (Å²) in [5.74, 6) is 5.40. The lowest BCUT2D eigenvalue weighted by Crippen LogP contribution is -2.33. The Labute approximate surface area is 292 Å². The molecule has 1 heterocycles. The number of rotatable bonds is 19. The van der Waals surface area contributed by atoms with Gasteiger partial charge in [-0.25, -0.2) is 15.4 Å². The first kappa shape index (κ1) is 37.8. The number of fused-ring (bicyclic) bond motifs is 1. The van der Waals surface area contributed by atoms with Gasteiger partial charge < -0.3 is 39.0 Å². The highest BCUT2D eigenvalue weighted by molar-refractivity contribution is 6.03. The van der Waals surface area contributed by atoms with Crippen LogP contribution >= 0.6 is 0 Å². The lowest BCUT2D eigenvalue weighted by atomic mass is 9.98. The van der Waals surface area contributed by atoms with Gasteiger partial charge in [0.2, 0.25) is 0 Å². The number of carbonyl (C=O) groups is 2. The molecule has 0 radical (unpaired) electrons. The molecule has 4 N–H and O–H groups in total. The second-order valence-electron chi connectivity index (χ2n) is 10.5. The van der Waals surface area contributed by atoms with Gasteiger partial charge in [-0.1, -0.05) is 54.6 Å². The lowest BCUT2D eigenvalue weighted by Gasteiger charge is -2.16. The van der Waals surface area contributed by atoms with E-state index in [1.807, 2.05) is 47.9 Å². The maximum Gasteiger partial charge on any atom is 0.510 e. The minimum Gasteiger partial charge on any atom is -0.465 e. The second kappa shape index (κ2) is 18.7. The number of imidazole rings is 1. The predicted molar refractivity (Wildman–Crippen MR) is 182 cm³/mol. The minimum atomic E-state index is -1.03. The molecular weight excluding hydrogens is 670 g/mol. The molecule has 0 amide bonds. The van der Waals surface area contributed by atoms with Gasteiger partial charge in [0.15, 0.2) is 18.9 Å². The topological polar surface area (TPSA) is 227 Å². The van der Waals surface area contributed by atoms with Crippen LogP contribution in [0.2, 0.25) is 0 Å². The summed E-state index contributed by atoms with van der Waals surface area (Å²) in [6.45, 7) is 3.27. The molecule has 0 aliphatic rings. The Bertz CT molecular complexity index is 1810. The molecule has 0 aliphatic heterocycles. The number of hydrazone groups is 1. The molecule has 4 rings (SSSR count). The van der Waals surface area contributed by atoms with Crippen LogP contribution in [-0.2, 0) is 35.1 Å². The van der Waals surface area contributed by atoms with Gasteiger partial charge in [-0.3, -0.25) is 4.57 Å². The summed E-state index contributed by atoms with van der Waals surface area (Å²) in [6, 6.07) is 20.6. The van der Waals surface area contributed by atoms with Crippen LogP contribution in [-0.4, -0.2) is 90.9 Å². The molecule has 0 saturated heterocycles. The Morgan fingerprint density at radius 1 is 1.00 bits per heavy atom. The third-order valence-corrected chi connectivity index (χ3v) is 7.06. The minimum absolute atomic E-state index is 0.0216. The van der Waals surface area contributed by atoms with Gasteiger partial charge in [0.25, 0.3) is 11.1 Å². The van der Waals surface area contributed by atoms with Gasteiger partial charge in [0, 0.05) is 12.7 Å². The third kappa shape index (κ3) is 10.8. The third-order valence-electron chi connectivity index (χ3n) is 7.06. The van der Waals surface area contributed by atoms with E-state index in [2.05, 4.69) is 14.9 Å². The summed E-state index contributed by atoms with van der Waals surface area (Å²) >= 11 is 0. The van der Waals surface area contributed by atoms with E-state index in [0.29, 0.717) is 41.3 Å². The van der Waals surface area contributed by atoms with Crippen molar-refractivity contribution in [3.8, 4) is 17.1 Å². The summed E-state index contributed by atoms with van der Waals surface area (Å²) in [5, 5.41) is 14.1. The van der Waals surface area contributed by atoms with Gasteiger partial charge in [0.05, 0.1) is 43.0 Å². The lowest BCUT2D eigenvalue weighted by molar-refractivity contribution is -0.758. The van der Waals surface area contributed by atoms with E-state index < -0.39 is 30.2 Å². The number of amidine groups is 1. The average molecular weight is 710 g/mol. The Kier molecular flexibility index (Phi) is 13.9. The zero-order valence-corrected chi connectivity index (χ0v) is 28.3. The zero-order valence-electron chi connectivity index (χ0n) is 28.3. The first-order valence-corrected chi connectivity index (χ1v) is 15.7. The van der Waals surface area contributed by atoms with Crippen molar-refractivity contribution in [3.63, 3.8) is 0 Å². The summed E-state index contributed by atoms with van der Waals surface area (Å²) in [4.78, 5) is 43.7. The number of methoxy groups -OCH3 is 1. The summed E-state index contributed by atoms with van der Waals surface area (Å²) in [6.07, 6.45) is -1.76. The van der Waals surface area contributed by atoms with Crippen LogP contribution in [0.5, 0.6) is 6.01 Å². The van der Waals surface area contributed by atoms with Crippen LogP contribution < -0.4 is 16.3 Å². The zero-order chi connectivity index (χ0) is 36.8. The van der Waals surface area contributed by atoms with E-state index in [1.54, 1.807) is 37.3 Å². The predicted octanol–water partition coefficient (Wildman–Crippen LogP) is 3.43. The highest BCUT2D eigenvalue weighted by atomic mass is 17.0. The first-order valence-electron chi connectivity index (χ1n) is 15.7. The quantitative estimate of drug-likeness (QED) is 0.0208. The largest absolute Gasteiger partial charge is 0.510 e. The maximum atomic E-state index is 13.0. The molecule has 18 nitrogen and oxygen atoms in total. The number of hydrogen-bond donors (Lipinski definition) is 2. The van der Waals surface area contributed by atoms with Gasteiger partial charge in [-0.05, 0) is 42.7 Å². The van der Waals surface area contributed by atoms with Crippen molar-refractivity contribution < 1.29 is 47.9 Å². The van der Waals surface area contributed by atoms with Gasteiger partial charge in [-0.2, -0.15) is 10.1 Å². The molecule has 0 saturated carbocycles. The number of hydrazine groups is 1. The molecule has 1 aromatic heterocycles. The number of carbonyl (C=O) groups excluding carboxylic acids is 2. The molecule has 4 aromatic rings. The molecule has 272 valence electrons. The fourth-order valence-corrected chi connectivity index (χ4v) is 4.75. The number of para-hydroxylation sites is 1. The van der Waals surface area contributed by atoms with E-state index in [1.165, 1.54) is 7.11 Å². The number of benzene rings is 3. The fourth-order valence-electron chi connectivity index (χ4n) is 4.75. The molecule has 3 aromatic carbocycles. The molecule has 51 heavy (non-hydrogen) atoms. The number of aromatic nitrogens is 2. The number of hydrogen-bond acceptors (Lipinski definition) is 15. The smallest absolute Gasteiger partial charge is 0.465 e.